The number of hydrogen-bond acceptors (Lipinski definition) is 4. The fraction of sp³-hybridized carbons (Fsp3) is 0.259. The molecule has 168 valence electrons. The summed E-state index contributed by atoms with van der Waals surface area (Å²) in [4.78, 5) is 15.0. The second-order valence-corrected chi connectivity index (χ2v) is 8.27. The molecular weight excluding hydrogens is 412 g/mol. The number of hydrogen-bond donors (Lipinski definition) is 1. The number of carbonyl (C=O) groups excluding carboxylic acids is 1. The summed E-state index contributed by atoms with van der Waals surface area (Å²) in [5.41, 5.74) is 6.93. The van der Waals surface area contributed by atoms with Crippen LogP contribution in [0.5, 0.6) is 0 Å². The third-order valence-corrected chi connectivity index (χ3v) is 5.93. The smallest absolute Gasteiger partial charge is 0.266 e. The summed E-state index contributed by atoms with van der Waals surface area (Å²) in [6.07, 6.45) is 1.66. The number of nitriles is 1. The third kappa shape index (κ3) is 5.00. The second kappa shape index (κ2) is 9.76. The van der Waals surface area contributed by atoms with Crippen LogP contribution in [0.1, 0.15) is 22.5 Å². The van der Waals surface area contributed by atoms with E-state index in [4.69, 9.17) is 4.74 Å². The molecule has 6 heteroatoms. The molecule has 1 saturated heterocycles. The molecule has 1 N–H and O–H groups in total. The van der Waals surface area contributed by atoms with Crippen molar-refractivity contribution in [2.24, 2.45) is 0 Å². The number of carbonyl (C=O) groups is 1. The standard InChI is InChI=1S/C27H28N4O2/c1-19-4-6-24(7-5-19)29-27(32)23(18-28)17-22-16-20(2)31(21(22)3)26-10-8-25(9-11-26)30-12-14-33-15-13-30/h4-11,16-17H,12-15H2,1-3H3,(H,29,32)/b23-17-. The molecule has 0 spiro atoms. The molecule has 2 heterocycles. The summed E-state index contributed by atoms with van der Waals surface area (Å²) >= 11 is 0. The van der Waals surface area contributed by atoms with E-state index in [-0.39, 0.29) is 5.57 Å². The van der Waals surface area contributed by atoms with Crippen molar-refractivity contribution in [3.63, 3.8) is 0 Å². The highest BCUT2D eigenvalue weighted by Gasteiger charge is 2.15. The second-order valence-electron chi connectivity index (χ2n) is 8.27. The van der Waals surface area contributed by atoms with Crippen molar-refractivity contribution in [2.75, 3.05) is 36.5 Å². The summed E-state index contributed by atoms with van der Waals surface area (Å²) in [6.45, 7) is 9.32. The van der Waals surface area contributed by atoms with E-state index < -0.39 is 5.91 Å². The Hall–Kier alpha value is -3.82. The summed E-state index contributed by atoms with van der Waals surface area (Å²) in [5, 5.41) is 12.4. The maximum Gasteiger partial charge on any atom is 0.266 e. The highest BCUT2D eigenvalue weighted by atomic mass is 16.5. The van der Waals surface area contributed by atoms with E-state index in [2.05, 4.69) is 39.0 Å². The van der Waals surface area contributed by atoms with E-state index in [1.807, 2.05) is 57.2 Å². The maximum absolute atomic E-state index is 12.7. The van der Waals surface area contributed by atoms with Gasteiger partial charge in [0.15, 0.2) is 0 Å². The number of morpholine rings is 1. The zero-order valence-corrected chi connectivity index (χ0v) is 19.3. The van der Waals surface area contributed by atoms with Crippen molar-refractivity contribution < 1.29 is 9.53 Å². The van der Waals surface area contributed by atoms with Crippen molar-refractivity contribution in [1.29, 1.82) is 5.26 Å². The van der Waals surface area contributed by atoms with Crippen LogP contribution in [0.3, 0.4) is 0 Å². The van der Waals surface area contributed by atoms with Gasteiger partial charge in [-0.3, -0.25) is 4.79 Å². The van der Waals surface area contributed by atoms with Gasteiger partial charge in [-0.05, 0) is 74.9 Å². The Balaban J connectivity index is 1.57. The zero-order chi connectivity index (χ0) is 23.4. The largest absolute Gasteiger partial charge is 0.378 e. The molecule has 1 fully saturated rings. The highest BCUT2D eigenvalue weighted by molar-refractivity contribution is 6.09. The number of ether oxygens (including phenoxy) is 1. The Kier molecular flexibility index (Phi) is 6.62. The van der Waals surface area contributed by atoms with Crippen LogP contribution in [-0.4, -0.2) is 36.8 Å². The predicted molar refractivity (Wildman–Crippen MR) is 132 cm³/mol. The number of aromatic nitrogens is 1. The minimum Gasteiger partial charge on any atom is -0.378 e. The monoisotopic (exact) mass is 440 g/mol. The Morgan fingerprint density at radius 1 is 1.00 bits per heavy atom. The minimum absolute atomic E-state index is 0.0680. The first-order valence-electron chi connectivity index (χ1n) is 11.1. The van der Waals surface area contributed by atoms with Crippen molar-refractivity contribution in [3.8, 4) is 11.8 Å². The van der Waals surface area contributed by atoms with Gasteiger partial charge in [-0.1, -0.05) is 17.7 Å². The lowest BCUT2D eigenvalue weighted by atomic mass is 10.1. The van der Waals surface area contributed by atoms with Crippen molar-refractivity contribution in [1.82, 2.24) is 4.57 Å². The van der Waals surface area contributed by atoms with Crippen molar-refractivity contribution in [3.05, 3.63) is 82.7 Å². The van der Waals surface area contributed by atoms with Gasteiger partial charge in [0.2, 0.25) is 0 Å². The molecule has 0 saturated carbocycles. The lowest BCUT2D eigenvalue weighted by molar-refractivity contribution is -0.112. The molecule has 1 aliphatic rings. The van der Waals surface area contributed by atoms with Gasteiger partial charge < -0.3 is 19.5 Å². The van der Waals surface area contributed by atoms with Crippen LogP contribution in [-0.2, 0) is 9.53 Å². The van der Waals surface area contributed by atoms with Gasteiger partial charge in [0.05, 0.1) is 13.2 Å². The number of aryl methyl sites for hydroxylation is 2. The van der Waals surface area contributed by atoms with Crippen LogP contribution in [0.25, 0.3) is 11.8 Å². The molecule has 0 unspecified atom stereocenters. The van der Waals surface area contributed by atoms with Crippen LogP contribution >= 0.6 is 0 Å². The summed E-state index contributed by atoms with van der Waals surface area (Å²) in [5.74, 6) is -0.416. The number of amides is 1. The first-order chi connectivity index (χ1) is 16.0. The summed E-state index contributed by atoms with van der Waals surface area (Å²) in [7, 11) is 0. The SMILES string of the molecule is Cc1ccc(NC(=O)/C(C#N)=C\c2cc(C)n(-c3ccc(N4CCOCC4)cc3)c2C)cc1. The zero-order valence-electron chi connectivity index (χ0n) is 19.3. The van der Waals surface area contributed by atoms with E-state index in [1.165, 1.54) is 5.69 Å². The van der Waals surface area contributed by atoms with Gasteiger partial charge in [-0.25, -0.2) is 0 Å². The quantitative estimate of drug-likeness (QED) is 0.458. The first kappa shape index (κ1) is 22.4. The number of nitrogens with one attached hydrogen (secondary N) is 1. The van der Waals surface area contributed by atoms with Gasteiger partial charge in [0.1, 0.15) is 11.6 Å². The van der Waals surface area contributed by atoms with Gasteiger partial charge in [0.25, 0.3) is 5.91 Å². The summed E-state index contributed by atoms with van der Waals surface area (Å²) in [6, 6.07) is 20.0. The molecule has 1 amide bonds. The topological polar surface area (TPSA) is 70.3 Å². The molecule has 1 aliphatic heterocycles. The molecule has 33 heavy (non-hydrogen) atoms. The van der Waals surface area contributed by atoms with Crippen LogP contribution < -0.4 is 10.2 Å². The van der Waals surface area contributed by atoms with Gasteiger partial charge in [0, 0.05) is 41.5 Å². The Bertz CT molecular complexity index is 1210. The van der Waals surface area contributed by atoms with E-state index in [0.29, 0.717) is 5.69 Å². The third-order valence-electron chi connectivity index (χ3n) is 5.93. The molecule has 0 aliphatic carbocycles. The van der Waals surface area contributed by atoms with Crippen LogP contribution in [0, 0.1) is 32.1 Å². The Labute approximate surface area is 194 Å². The van der Waals surface area contributed by atoms with Crippen LogP contribution in [0.15, 0.2) is 60.2 Å². The van der Waals surface area contributed by atoms with E-state index >= 15 is 0 Å². The lowest BCUT2D eigenvalue weighted by Crippen LogP contribution is -2.36. The molecule has 0 radical (unpaired) electrons. The normalized spacial score (nSPS) is 14.1. The fourth-order valence-electron chi connectivity index (χ4n) is 4.10. The Morgan fingerprint density at radius 3 is 2.27 bits per heavy atom. The maximum atomic E-state index is 12.7. The van der Waals surface area contributed by atoms with Gasteiger partial charge in [-0.2, -0.15) is 5.26 Å². The number of anilines is 2. The molecule has 0 bridgehead atoms. The van der Waals surface area contributed by atoms with E-state index in [9.17, 15) is 10.1 Å². The molecule has 2 aromatic carbocycles. The van der Waals surface area contributed by atoms with Crippen molar-refractivity contribution >= 4 is 23.4 Å². The van der Waals surface area contributed by atoms with Crippen molar-refractivity contribution in [2.45, 2.75) is 20.8 Å². The number of benzene rings is 2. The predicted octanol–water partition coefficient (Wildman–Crippen LogP) is 4.78. The van der Waals surface area contributed by atoms with Gasteiger partial charge >= 0.3 is 0 Å². The number of nitrogens with zero attached hydrogens (tertiary/aromatic N) is 3. The molecule has 0 atom stereocenters. The average Bonchev–Trinajstić information content (AvgIpc) is 3.12. The first-order valence-corrected chi connectivity index (χ1v) is 11.1. The molecule has 1 aromatic heterocycles. The lowest BCUT2D eigenvalue weighted by Gasteiger charge is -2.29. The van der Waals surface area contributed by atoms with E-state index in [1.54, 1.807) is 6.08 Å². The Morgan fingerprint density at radius 2 is 1.64 bits per heavy atom. The minimum atomic E-state index is -0.416. The molecule has 3 aromatic rings. The fourth-order valence-corrected chi connectivity index (χ4v) is 4.10. The van der Waals surface area contributed by atoms with Gasteiger partial charge in [-0.15, -0.1) is 0 Å². The number of rotatable bonds is 5. The molecule has 6 nitrogen and oxygen atoms in total. The van der Waals surface area contributed by atoms with Crippen LogP contribution in [0.4, 0.5) is 11.4 Å². The van der Waals surface area contributed by atoms with E-state index in [0.717, 1.165) is 54.5 Å². The molecule has 4 rings (SSSR count). The van der Waals surface area contributed by atoms with Crippen LogP contribution in [0.2, 0.25) is 0 Å². The average molecular weight is 441 g/mol. The highest BCUT2D eigenvalue weighted by Crippen LogP contribution is 2.25. The molecular formula is C27H28N4O2. The summed E-state index contributed by atoms with van der Waals surface area (Å²) < 4.78 is 7.58.